The quantitative estimate of drug-likeness (QED) is 0.641. The molecule has 0 spiro atoms. The Morgan fingerprint density at radius 2 is 2.27 bits per heavy atom. The number of benzene rings is 1. The van der Waals surface area contributed by atoms with Crippen molar-refractivity contribution in [3.05, 3.63) is 27.8 Å². The average molecular weight is 243 g/mol. The molecule has 0 unspecified atom stereocenters. The number of nitrogens with two attached hydrogens (primary N) is 1. The molecule has 0 amide bonds. The summed E-state index contributed by atoms with van der Waals surface area (Å²) in [5, 5.41) is 8.94. The predicted molar refractivity (Wildman–Crippen MR) is 61.9 cm³/mol. The summed E-state index contributed by atoms with van der Waals surface area (Å²) in [6.45, 7) is 0. The maximum Gasteiger partial charge on any atom is 0.143 e. The number of methoxy groups -OCH3 is 1. The zero-order valence-corrected chi connectivity index (χ0v) is 9.43. The molecule has 3 nitrogen and oxygen atoms in total. The van der Waals surface area contributed by atoms with Gasteiger partial charge in [0, 0.05) is 0 Å². The summed E-state index contributed by atoms with van der Waals surface area (Å²) in [5.41, 5.74) is 6.68. The van der Waals surface area contributed by atoms with E-state index in [1.807, 2.05) is 0 Å². The maximum absolute atomic E-state index is 8.51. The summed E-state index contributed by atoms with van der Waals surface area (Å²) in [6.07, 6.45) is 1.48. The highest BCUT2D eigenvalue weighted by Gasteiger charge is 2.06. The van der Waals surface area contributed by atoms with E-state index in [9.17, 15) is 0 Å². The van der Waals surface area contributed by atoms with Gasteiger partial charge in [-0.15, -0.1) is 0 Å². The highest BCUT2D eigenvalue weighted by atomic mass is 35.5. The second-order valence-corrected chi connectivity index (χ2v) is 3.54. The molecule has 5 heteroatoms. The molecule has 78 valence electrons. The van der Waals surface area contributed by atoms with E-state index in [4.69, 9.17) is 38.9 Å². The predicted octanol–water partition coefficient (Wildman–Crippen LogP) is 3.03. The lowest BCUT2D eigenvalue weighted by Gasteiger charge is -2.07. The molecule has 0 fully saturated rings. The fourth-order valence-electron chi connectivity index (χ4n) is 1.04. The van der Waals surface area contributed by atoms with Gasteiger partial charge < -0.3 is 10.5 Å². The van der Waals surface area contributed by atoms with Crippen LogP contribution in [0.5, 0.6) is 5.75 Å². The fraction of sp³-hybridized carbons (Fsp3) is 0.100. The Morgan fingerprint density at radius 1 is 1.60 bits per heavy atom. The first-order valence-corrected chi connectivity index (χ1v) is 4.74. The Balaban J connectivity index is 3.24. The molecule has 2 N–H and O–H groups in total. The van der Waals surface area contributed by atoms with Crippen LogP contribution in [-0.4, -0.2) is 7.11 Å². The van der Waals surface area contributed by atoms with Crippen LogP contribution >= 0.6 is 23.2 Å². The fourth-order valence-corrected chi connectivity index (χ4v) is 1.39. The molecule has 0 aliphatic rings. The third kappa shape index (κ3) is 2.79. The van der Waals surface area contributed by atoms with E-state index < -0.39 is 0 Å². The van der Waals surface area contributed by atoms with Crippen LogP contribution in [0.3, 0.4) is 0 Å². The standard InChI is InChI=1S/C10H8Cl2N2O/c1-15-9-4-6(2-7(11)5-13)3-8(12)10(9)14/h2-4H,14H2,1H3. The van der Waals surface area contributed by atoms with E-state index in [1.54, 1.807) is 18.2 Å². The van der Waals surface area contributed by atoms with Gasteiger partial charge in [-0.05, 0) is 23.8 Å². The number of rotatable bonds is 2. The van der Waals surface area contributed by atoms with Crippen LogP contribution in [0.15, 0.2) is 17.2 Å². The van der Waals surface area contributed by atoms with Crippen LogP contribution in [0, 0.1) is 11.3 Å². The molecule has 0 bridgehead atoms. The minimum Gasteiger partial charge on any atom is -0.495 e. The van der Waals surface area contributed by atoms with Gasteiger partial charge in [-0.1, -0.05) is 23.2 Å². The van der Waals surface area contributed by atoms with Gasteiger partial charge in [-0.3, -0.25) is 0 Å². The van der Waals surface area contributed by atoms with Crippen LogP contribution in [0.4, 0.5) is 5.69 Å². The number of halogens is 2. The third-order valence-electron chi connectivity index (χ3n) is 1.73. The van der Waals surface area contributed by atoms with Crippen LogP contribution in [-0.2, 0) is 0 Å². The molecule has 0 aliphatic heterocycles. The van der Waals surface area contributed by atoms with E-state index in [1.165, 1.54) is 13.2 Å². The minimum atomic E-state index is 0.0675. The molecule has 0 aromatic heterocycles. The number of nitrogens with zero attached hydrogens (tertiary/aromatic N) is 1. The van der Waals surface area contributed by atoms with Gasteiger partial charge in [-0.2, -0.15) is 5.26 Å². The lowest BCUT2D eigenvalue weighted by atomic mass is 10.2. The summed E-state index contributed by atoms with van der Waals surface area (Å²) < 4.78 is 5.02. The van der Waals surface area contributed by atoms with Crippen molar-refractivity contribution >= 4 is 35.0 Å². The highest BCUT2D eigenvalue weighted by Crippen LogP contribution is 2.31. The normalized spacial score (nSPS) is 10.9. The van der Waals surface area contributed by atoms with Crippen molar-refractivity contribution in [3.8, 4) is 11.8 Å². The number of ether oxygens (including phenoxy) is 1. The van der Waals surface area contributed by atoms with E-state index in [0.29, 0.717) is 22.0 Å². The molecule has 1 rings (SSSR count). The van der Waals surface area contributed by atoms with Gasteiger partial charge in [0.05, 0.1) is 17.8 Å². The number of hydrogen-bond acceptors (Lipinski definition) is 3. The summed E-state index contributed by atoms with van der Waals surface area (Å²) in [4.78, 5) is 0. The van der Waals surface area contributed by atoms with Crippen molar-refractivity contribution < 1.29 is 4.74 Å². The van der Waals surface area contributed by atoms with Crippen LogP contribution in [0.25, 0.3) is 6.08 Å². The van der Waals surface area contributed by atoms with Crippen LogP contribution < -0.4 is 10.5 Å². The van der Waals surface area contributed by atoms with Gasteiger partial charge >= 0.3 is 0 Å². The number of nitrogen functional groups attached to an aromatic ring is 1. The Kier molecular flexibility index (Phi) is 3.84. The Bertz CT molecular complexity index is 449. The van der Waals surface area contributed by atoms with Crippen LogP contribution in [0.2, 0.25) is 5.02 Å². The largest absolute Gasteiger partial charge is 0.495 e. The molecule has 0 aliphatic carbocycles. The summed E-state index contributed by atoms with van der Waals surface area (Å²) in [5.74, 6) is 0.455. The minimum absolute atomic E-state index is 0.0675. The molecule has 0 saturated heterocycles. The second-order valence-electron chi connectivity index (χ2n) is 2.72. The summed E-state index contributed by atoms with van der Waals surface area (Å²) in [6, 6.07) is 5.06. The van der Waals surface area contributed by atoms with Crippen molar-refractivity contribution in [2.24, 2.45) is 0 Å². The van der Waals surface area contributed by atoms with E-state index in [0.717, 1.165) is 0 Å². The molecule has 0 radical (unpaired) electrons. The highest BCUT2D eigenvalue weighted by molar-refractivity contribution is 6.34. The first-order valence-electron chi connectivity index (χ1n) is 3.98. The molecular weight excluding hydrogens is 235 g/mol. The lowest BCUT2D eigenvalue weighted by Crippen LogP contribution is -1.94. The number of nitriles is 1. The number of hydrogen-bond donors (Lipinski definition) is 1. The molecule has 0 atom stereocenters. The first kappa shape index (κ1) is 11.7. The SMILES string of the molecule is COc1cc(C=C(Cl)C#N)cc(Cl)c1N. The lowest BCUT2D eigenvalue weighted by molar-refractivity contribution is 0.417. The smallest absolute Gasteiger partial charge is 0.143 e. The van der Waals surface area contributed by atoms with Crippen LogP contribution in [0.1, 0.15) is 5.56 Å². The van der Waals surface area contributed by atoms with Gasteiger partial charge in [0.15, 0.2) is 0 Å². The molecule has 1 aromatic rings. The van der Waals surface area contributed by atoms with Gasteiger partial charge in [-0.25, -0.2) is 0 Å². The summed E-state index contributed by atoms with van der Waals surface area (Å²) in [7, 11) is 1.49. The molecule has 1 aromatic carbocycles. The van der Waals surface area contributed by atoms with Crippen molar-refractivity contribution in [2.45, 2.75) is 0 Å². The maximum atomic E-state index is 8.51. The zero-order chi connectivity index (χ0) is 11.4. The van der Waals surface area contributed by atoms with Gasteiger partial charge in [0.1, 0.15) is 16.9 Å². The number of allylic oxidation sites excluding steroid dienone is 1. The van der Waals surface area contributed by atoms with Crippen molar-refractivity contribution in [3.63, 3.8) is 0 Å². The Hall–Kier alpha value is -1.37. The Morgan fingerprint density at radius 3 is 2.80 bits per heavy atom. The first-order chi connectivity index (χ1) is 7.08. The summed E-state index contributed by atoms with van der Waals surface area (Å²) >= 11 is 11.4. The molecule has 15 heavy (non-hydrogen) atoms. The van der Waals surface area contributed by atoms with E-state index >= 15 is 0 Å². The monoisotopic (exact) mass is 242 g/mol. The topological polar surface area (TPSA) is 59.0 Å². The average Bonchev–Trinajstić information content (AvgIpc) is 2.22. The zero-order valence-electron chi connectivity index (χ0n) is 7.92. The van der Waals surface area contributed by atoms with Gasteiger partial charge in [0.25, 0.3) is 0 Å². The molecule has 0 heterocycles. The Labute approximate surface area is 97.7 Å². The molecular formula is C10H8Cl2N2O. The second kappa shape index (κ2) is 4.92. The van der Waals surface area contributed by atoms with Gasteiger partial charge in [0.2, 0.25) is 0 Å². The van der Waals surface area contributed by atoms with E-state index in [-0.39, 0.29) is 5.03 Å². The third-order valence-corrected chi connectivity index (χ3v) is 2.24. The van der Waals surface area contributed by atoms with Crippen molar-refractivity contribution in [1.29, 1.82) is 5.26 Å². The van der Waals surface area contributed by atoms with E-state index in [2.05, 4.69) is 0 Å². The van der Waals surface area contributed by atoms with Crippen molar-refractivity contribution in [2.75, 3.05) is 12.8 Å². The molecule has 0 saturated carbocycles. The van der Waals surface area contributed by atoms with Crippen molar-refractivity contribution in [1.82, 2.24) is 0 Å². The number of anilines is 1.